The Labute approximate surface area is 141 Å². The Morgan fingerprint density at radius 1 is 1.26 bits per heavy atom. The van der Waals surface area contributed by atoms with Crippen molar-refractivity contribution in [1.29, 1.82) is 0 Å². The summed E-state index contributed by atoms with van der Waals surface area (Å²) in [5.41, 5.74) is 0.400. The van der Waals surface area contributed by atoms with E-state index < -0.39 is 6.36 Å². The van der Waals surface area contributed by atoms with E-state index in [1.54, 1.807) is 0 Å². The fourth-order valence-electron chi connectivity index (χ4n) is 2.06. The van der Waals surface area contributed by atoms with Crippen LogP contribution in [0.3, 0.4) is 0 Å². The molecule has 1 aliphatic rings. The van der Waals surface area contributed by atoms with Gasteiger partial charge in [-0.3, -0.25) is 4.79 Å². The summed E-state index contributed by atoms with van der Waals surface area (Å²) >= 11 is 6.53. The van der Waals surface area contributed by atoms with E-state index in [9.17, 15) is 18.0 Å². The highest BCUT2D eigenvalue weighted by Crippen LogP contribution is 2.24. The van der Waals surface area contributed by atoms with E-state index in [1.807, 2.05) is 0 Å². The van der Waals surface area contributed by atoms with Gasteiger partial charge in [0.15, 0.2) is 0 Å². The van der Waals surface area contributed by atoms with E-state index >= 15 is 0 Å². The van der Waals surface area contributed by atoms with Crippen molar-refractivity contribution in [1.82, 2.24) is 4.90 Å². The van der Waals surface area contributed by atoms with Crippen molar-refractivity contribution in [3.63, 3.8) is 0 Å². The molecular weight excluding hydrogens is 349 g/mol. The number of hydrogen-bond donors (Lipinski definition) is 1. The number of likely N-dealkylation sites (tertiary alicyclic amines) is 1. The van der Waals surface area contributed by atoms with E-state index in [0.717, 1.165) is 38.1 Å². The lowest BCUT2D eigenvalue weighted by Crippen LogP contribution is -2.25. The Kier molecular flexibility index (Phi) is 6.11. The lowest BCUT2D eigenvalue weighted by molar-refractivity contribution is -0.274. The number of carbonyl (C=O) groups is 1. The van der Waals surface area contributed by atoms with Gasteiger partial charge in [-0.05, 0) is 37.1 Å². The molecule has 0 bridgehead atoms. The van der Waals surface area contributed by atoms with Crippen LogP contribution in [0.4, 0.5) is 18.9 Å². The van der Waals surface area contributed by atoms with E-state index in [1.165, 1.54) is 23.9 Å². The van der Waals surface area contributed by atoms with Crippen molar-refractivity contribution in [2.24, 2.45) is 0 Å². The van der Waals surface area contributed by atoms with E-state index in [0.29, 0.717) is 10.0 Å². The van der Waals surface area contributed by atoms with Crippen molar-refractivity contribution >= 4 is 39.9 Å². The molecule has 4 nitrogen and oxygen atoms in total. The van der Waals surface area contributed by atoms with Crippen LogP contribution in [0.1, 0.15) is 12.8 Å². The minimum atomic E-state index is -4.73. The second-order valence-corrected chi connectivity index (χ2v) is 6.48. The molecule has 1 amide bonds. The molecule has 0 aliphatic carbocycles. The predicted octanol–water partition coefficient (Wildman–Crippen LogP) is 3.64. The van der Waals surface area contributed by atoms with Crippen LogP contribution in [-0.4, -0.2) is 40.3 Å². The third-order valence-corrected chi connectivity index (χ3v) is 4.59. The number of anilines is 1. The quantitative estimate of drug-likeness (QED) is 0.827. The molecule has 9 heteroatoms. The molecule has 1 aliphatic heterocycles. The van der Waals surface area contributed by atoms with Crippen LogP contribution < -0.4 is 10.1 Å². The highest BCUT2D eigenvalue weighted by atomic mass is 32.2. The number of nitrogens with zero attached hydrogens (tertiary/aromatic N) is 1. The Morgan fingerprint density at radius 2 is 1.87 bits per heavy atom. The maximum Gasteiger partial charge on any atom is 0.573 e. The maximum absolute atomic E-state index is 12.0. The molecule has 23 heavy (non-hydrogen) atoms. The van der Waals surface area contributed by atoms with Gasteiger partial charge in [-0.1, -0.05) is 24.0 Å². The van der Waals surface area contributed by atoms with Gasteiger partial charge in [-0.2, -0.15) is 0 Å². The van der Waals surface area contributed by atoms with Crippen molar-refractivity contribution in [3.8, 4) is 5.75 Å². The monoisotopic (exact) mass is 364 g/mol. The second kappa shape index (κ2) is 7.87. The second-order valence-electron chi connectivity index (χ2n) is 4.87. The number of rotatable bonds is 4. The van der Waals surface area contributed by atoms with Gasteiger partial charge in [0.05, 0.1) is 5.75 Å². The molecule has 1 heterocycles. The van der Waals surface area contributed by atoms with Gasteiger partial charge >= 0.3 is 6.36 Å². The normalized spacial score (nSPS) is 14.7. The lowest BCUT2D eigenvalue weighted by Gasteiger charge is -2.17. The molecule has 1 aromatic carbocycles. The summed E-state index contributed by atoms with van der Waals surface area (Å²) in [4.78, 5) is 13.9. The molecule has 1 aromatic rings. The zero-order valence-corrected chi connectivity index (χ0v) is 13.7. The van der Waals surface area contributed by atoms with Gasteiger partial charge in [0.1, 0.15) is 10.1 Å². The molecule has 2 rings (SSSR count). The summed E-state index contributed by atoms with van der Waals surface area (Å²) in [5.74, 6) is -0.433. The van der Waals surface area contributed by atoms with E-state index in [2.05, 4.69) is 15.0 Å². The average Bonchev–Trinajstić information content (AvgIpc) is 2.99. The molecular formula is C14H15F3N2O2S2. The van der Waals surface area contributed by atoms with E-state index in [4.69, 9.17) is 12.2 Å². The number of nitrogens with one attached hydrogen (secondary N) is 1. The first-order chi connectivity index (χ1) is 10.8. The summed E-state index contributed by atoms with van der Waals surface area (Å²) < 4.78 is 40.6. The number of thiocarbonyl (C=S) groups is 1. The summed E-state index contributed by atoms with van der Waals surface area (Å²) in [5, 5.41) is 2.60. The largest absolute Gasteiger partial charge is 0.573 e. The van der Waals surface area contributed by atoms with Crippen LogP contribution in [0, 0.1) is 0 Å². The zero-order chi connectivity index (χ0) is 16.9. The molecule has 0 unspecified atom stereocenters. The Hall–Kier alpha value is -1.48. The number of thioether (sulfide) groups is 1. The molecule has 126 valence electrons. The number of ether oxygens (including phenoxy) is 1. The smallest absolute Gasteiger partial charge is 0.406 e. The molecule has 1 N–H and O–H groups in total. The first-order valence-corrected chi connectivity index (χ1v) is 8.30. The number of amides is 1. The fraction of sp³-hybridized carbons (Fsp3) is 0.429. The molecule has 1 fully saturated rings. The van der Waals surface area contributed by atoms with Crippen LogP contribution >= 0.6 is 24.0 Å². The van der Waals surface area contributed by atoms with E-state index in [-0.39, 0.29) is 17.4 Å². The first-order valence-electron chi connectivity index (χ1n) is 6.91. The molecule has 0 radical (unpaired) electrons. The fourth-order valence-corrected chi connectivity index (χ4v) is 3.11. The van der Waals surface area contributed by atoms with Crippen molar-refractivity contribution in [2.45, 2.75) is 19.2 Å². The highest BCUT2D eigenvalue weighted by molar-refractivity contribution is 8.23. The number of alkyl halides is 3. The van der Waals surface area contributed by atoms with Crippen molar-refractivity contribution < 1.29 is 22.7 Å². The minimum Gasteiger partial charge on any atom is -0.406 e. The lowest BCUT2D eigenvalue weighted by atomic mass is 10.3. The van der Waals surface area contributed by atoms with Crippen LogP contribution in [0.2, 0.25) is 0 Å². The summed E-state index contributed by atoms with van der Waals surface area (Å²) in [6.45, 7) is 1.85. The highest BCUT2D eigenvalue weighted by Gasteiger charge is 2.30. The molecule has 0 spiro atoms. The standard InChI is InChI=1S/C14H15F3N2O2S2/c15-14(16,17)21-11-5-3-10(4-6-11)18-12(20)9-23-13(22)19-7-1-2-8-19/h3-6H,1-2,7-9H2,(H,18,20). The van der Waals surface area contributed by atoms with Crippen LogP contribution in [0.15, 0.2) is 24.3 Å². The molecule has 0 saturated carbocycles. The Morgan fingerprint density at radius 3 is 2.43 bits per heavy atom. The first kappa shape index (κ1) is 17.9. The SMILES string of the molecule is O=C(CSC(=S)N1CCCC1)Nc1ccc(OC(F)(F)F)cc1. The number of hydrogen-bond acceptors (Lipinski definition) is 4. The number of halogens is 3. The number of carbonyl (C=O) groups excluding carboxylic acids is 1. The predicted molar refractivity (Wildman–Crippen MR) is 87.6 cm³/mol. The van der Waals surface area contributed by atoms with Gasteiger partial charge in [0.2, 0.25) is 5.91 Å². The third-order valence-electron chi connectivity index (χ3n) is 3.06. The summed E-state index contributed by atoms with van der Waals surface area (Å²) in [6.07, 6.45) is -2.51. The third kappa shape index (κ3) is 6.26. The van der Waals surface area contributed by atoms with Crippen LogP contribution in [0.25, 0.3) is 0 Å². The molecule has 0 aromatic heterocycles. The minimum absolute atomic E-state index is 0.163. The van der Waals surface area contributed by atoms with Gasteiger partial charge in [-0.15, -0.1) is 13.2 Å². The van der Waals surface area contributed by atoms with Crippen molar-refractivity contribution in [2.75, 3.05) is 24.2 Å². The Bertz CT molecular complexity index is 558. The van der Waals surface area contributed by atoms with Crippen LogP contribution in [-0.2, 0) is 4.79 Å². The zero-order valence-electron chi connectivity index (χ0n) is 12.1. The Balaban J connectivity index is 1.77. The van der Waals surface area contributed by atoms with Gasteiger partial charge in [0, 0.05) is 18.8 Å². The van der Waals surface area contributed by atoms with Crippen LogP contribution in [0.5, 0.6) is 5.75 Å². The topological polar surface area (TPSA) is 41.6 Å². The van der Waals surface area contributed by atoms with Crippen molar-refractivity contribution in [3.05, 3.63) is 24.3 Å². The maximum atomic E-state index is 12.0. The van der Waals surface area contributed by atoms with Gasteiger partial charge in [-0.25, -0.2) is 0 Å². The summed E-state index contributed by atoms with van der Waals surface area (Å²) in [6, 6.07) is 4.99. The molecule has 1 saturated heterocycles. The van der Waals surface area contributed by atoms with Gasteiger partial charge < -0.3 is 15.0 Å². The average molecular weight is 364 g/mol. The molecule has 0 atom stereocenters. The van der Waals surface area contributed by atoms with Gasteiger partial charge in [0.25, 0.3) is 0 Å². The number of benzene rings is 1. The summed E-state index contributed by atoms with van der Waals surface area (Å²) in [7, 11) is 0.